The standard InChI is InChI=1S/C18H14FN5O/c19-15-5-2-1-4-12(15)13-10-20-8-6-16(13)23-18(25)14-11-22-24-9-3-7-21-17(14)24/h1,3-4,6-11H,2,5H2,(H,20,23,25). The van der Waals surface area contributed by atoms with Crippen molar-refractivity contribution in [3.8, 4) is 0 Å². The lowest BCUT2D eigenvalue weighted by atomic mass is 9.98. The minimum Gasteiger partial charge on any atom is -0.321 e. The van der Waals surface area contributed by atoms with Gasteiger partial charge in [0.1, 0.15) is 11.4 Å². The van der Waals surface area contributed by atoms with Gasteiger partial charge >= 0.3 is 0 Å². The molecule has 4 rings (SSSR count). The average molecular weight is 335 g/mol. The van der Waals surface area contributed by atoms with Crippen molar-refractivity contribution in [1.82, 2.24) is 19.6 Å². The molecule has 0 atom stereocenters. The molecule has 0 aliphatic heterocycles. The van der Waals surface area contributed by atoms with Crippen molar-refractivity contribution in [2.24, 2.45) is 0 Å². The van der Waals surface area contributed by atoms with E-state index in [9.17, 15) is 9.18 Å². The van der Waals surface area contributed by atoms with Crippen molar-refractivity contribution in [1.29, 1.82) is 0 Å². The summed E-state index contributed by atoms with van der Waals surface area (Å²) in [6.45, 7) is 0. The number of anilines is 1. The molecule has 6 nitrogen and oxygen atoms in total. The van der Waals surface area contributed by atoms with E-state index in [2.05, 4.69) is 20.4 Å². The molecule has 0 spiro atoms. The van der Waals surface area contributed by atoms with E-state index in [1.54, 1.807) is 43.0 Å². The second-order valence-electron chi connectivity index (χ2n) is 5.58. The smallest absolute Gasteiger partial charge is 0.261 e. The Morgan fingerprint density at radius 1 is 1.28 bits per heavy atom. The van der Waals surface area contributed by atoms with Crippen LogP contribution in [0.25, 0.3) is 11.2 Å². The van der Waals surface area contributed by atoms with Gasteiger partial charge in [0, 0.05) is 42.3 Å². The topological polar surface area (TPSA) is 72.2 Å². The third-order valence-electron chi connectivity index (χ3n) is 3.99. The zero-order valence-electron chi connectivity index (χ0n) is 13.2. The average Bonchev–Trinajstić information content (AvgIpc) is 3.07. The van der Waals surface area contributed by atoms with Gasteiger partial charge in [-0.2, -0.15) is 5.10 Å². The Balaban J connectivity index is 1.70. The van der Waals surface area contributed by atoms with Gasteiger partial charge < -0.3 is 5.32 Å². The molecular weight excluding hydrogens is 321 g/mol. The first-order valence-corrected chi connectivity index (χ1v) is 7.83. The molecule has 0 saturated carbocycles. The maximum atomic E-state index is 14.2. The molecule has 0 saturated heterocycles. The summed E-state index contributed by atoms with van der Waals surface area (Å²) in [7, 11) is 0. The number of fused-ring (bicyclic) bond motifs is 1. The number of pyridine rings is 1. The number of halogens is 1. The Kier molecular flexibility index (Phi) is 3.81. The summed E-state index contributed by atoms with van der Waals surface area (Å²) in [5.74, 6) is -0.564. The fraction of sp³-hybridized carbons (Fsp3) is 0.111. The van der Waals surface area contributed by atoms with Crippen molar-refractivity contribution in [3.05, 3.63) is 72.2 Å². The summed E-state index contributed by atoms with van der Waals surface area (Å²) >= 11 is 0. The Morgan fingerprint density at radius 3 is 3.08 bits per heavy atom. The van der Waals surface area contributed by atoms with Crippen molar-refractivity contribution < 1.29 is 9.18 Å². The van der Waals surface area contributed by atoms with Crippen LogP contribution >= 0.6 is 0 Å². The molecule has 0 aromatic carbocycles. The molecule has 25 heavy (non-hydrogen) atoms. The molecule has 1 N–H and O–H groups in total. The van der Waals surface area contributed by atoms with Crippen LogP contribution in [0.15, 0.2) is 61.1 Å². The van der Waals surface area contributed by atoms with Gasteiger partial charge in [-0.15, -0.1) is 0 Å². The van der Waals surface area contributed by atoms with Crippen LogP contribution in [0.1, 0.15) is 28.8 Å². The van der Waals surface area contributed by atoms with E-state index in [1.165, 1.54) is 10.7 Å². The molecule has 3 aromatic rings. The molecule has 3 aromatic heterocycles. The fourth-order valence-corrected chi connectivity index (χ4v) is 2.77. The van der Waals surface area contributed by atoms with Crippen LogP contribution in [0.3, 0.4) is 0 Å². The lowest BCUT2D eigenvalue weighted by Gasteiger charge is -2.14. The molecule has 7 heteroatoms. The van der Waals surface area contributed by atoms with E-state index < -0.39 is 0 Å². The predicted molar refractivity (Wildman–Crippen MR) is 91.6 cm³/mol. The molecule has 0 radical (unpaired) electrons. The zero-order valence-corrected chi connectivity index (χ0v) is 13.2. The Hall–Kier alpha value is -3.35. The monoisotopic (exact) mass is 335 g/mol. The Labute approximate surface area is 142 Å². The highest BCUT2D eigenvalue weighted by Crippen LogP contribution is 2.32. The second-order valence-corrected chi connectivity index (χ2v) is 5.58. The van der Waals surface area contributed by atoms with Gasteiger partial charge in [0.2, 0.25) is 0 Å². The SMILES string of the molecule is O=C(Nc1ccncc1C1=C(F)CCC=C1)c1cnn2cccnc12. The number of amides is 1. The molecule has 1 aliphatic carbocycles. The maximum absolute atomic E-state index is 14.2. The van der Waals surface area contributed by atoms with E-state index in [1.807, 2.05) is 6.08 Å². The zero-order chi connectivity index (χ0) is 17.2. The molecule has 0 bridgehead atoms. The molecule has 0 fully saturated rings. The third kappa shape index (κ3) is 2.80. The van der Waals surface area contributed by atoms with Crippen LogP contribution in [-0.4, -0.2) is 25.5 Å². The number of aromatic nitrogens is 4. The number of nitrogens with zero attached hydrogens (tertiary/aromatic N) is 4. The van der Waals surface area contributed by atoms with Gasteiger partial charge in [0.15, 0.2) is 5.65 Å². The van der Waals surface area contributed by atoms with Gasteiger partial charge in [0.05, 0.1) is 11.9 Å². The van der Waals surface area contributed by atoms with Crippen molar-refractivity contribution in [2.45, 2.75) is 12.8 Å². The highest BCUT2D eigenvalue weighted by Gasteiger charge is 2.18. The van der Waals surface area contributed by atoms with Gasteiger partial charge in [0.25, 0.3) is 5.91 Å². The van der Waals surface area contributed by atoms with E-state index in [0.29, 0.717) is 40.9 Å². The first-order chi connectivity index (χ1) is 12.2. The van der Waals surface area contributed by atoms with Crippen LogP contribution in [-0.2, 0) is 0 Å². The van der Waals surface area contributed by atoms with Crippen molar-refractivity contribution in [3.63, 3.8) is 0 Å². The summed E-state index contributed by atoms with van der Waals surface area (Å²) < 4.78 is 15.7. The van der Waals surface area contributed by atoms with E-state index >= 15 is 0 Å². The number of nitrogens with one attached hydrogen (secondary N) is 1. The van der Waals surface area contributed by atoms with E-state index in [-0.39, 0.29) is 11.7 Å². The largest absolute Gasteiger partial charge is 0.321 e. The number of carbonyl (C=O) groups is 1. The minimum atomic E-state index is -0.359. The number of hydrogen-bond acceptors (Lipinski definition) is 4. The second kappa shape index (κ2) is 6.27. The lowest BCUT2D eigenvalue weighted by molar-refractivity contribution is 0.102. The van der Waals surface area contributed by atoms with Gasteiger partial charge in [-0.25, -0.2) is 13.9 Å². The third-order valence-corrected chi connectivity index (χ3v) is 3.99. The van der Waals surface area contributed by atoms with Crippen LogP contribution in [0.4, 0.5) is 10.1 Å². The highest BCUT2D eigenvalue weighted by molar-refractivity contribution is 6.09. The van der Waals surface area contributed by atoms with E-state index in [4.69, 9.17) is 0 Å². The number of hydrogen-bond donors (Lipinski definition) is 1. The summed E-state index contributed by atoms with van der Waals surface area (Å²) in [6, 6.07) is 3.38. The molecule has 124 valence electrons. The predicted octanol–water partition coefficient (Wildman–Crippen LogP) is 3.41. The van der Waals surface area contributed by atoms with Crippen molar-refractivity contribution >= 4 is 22.8 Å². The Bertz CT molecular complexity index is 1020. The van der Waals surface area contributed by atoms with Crippen LogP contribution in [0.5, 0.6) is 0 Å². The number of rotatable bonds is 3. The summed E-state index contributed by atoms with van der Waals surface area (Å²) in [6.07, 6.45) is 12.5. The van der Waals surface area contributed by atoms with Gasteiger partial charge in [-0.3, -0.25) is 9.78 Å². The minimum absolute atomic E-state index is 0.205. The number of carbonyl (C=O) groups excluding carboxylic acids is 1. The number of allylic oxidation sites excluding steroid dienone is 4. The quantitative estimate of drug-likeness (QED) is 0.796. The van der Waals surface area contributed by atoms with E-state index in [0.717, 1.165) is 0 Å². The first kappa shape index (κ1) is 15.2. The van der Waals surface area contributed by atoms with Gasteiger partial charge in [-0.1, -0.05) is 12.2 Å². The summed E-state index contributed by atoms with van der Waals surface area (Å²) in [5.41, 5.74) is 2.30. The first-order valence-electron chi connectivity index (χ1n) is 7.83. The van der Waals surface area contributed by atoms with Gasteiger partial charge in [-0.05, 0) is 18.6 Å². The van der Waals surface area contributed by atoms with Crippen molar-refractivity contribution in [2.75, 3.05) is 5.32 Å². The Morgan fingerprint density at radius 2 is 2.20 bits per heavy atom. The fourth-order valence-electron chi connectivity index (χ4n) is 2.77. The molecular formula is C18H14FN5O. The molecule has 0 unspecified atom stereocenters. The molecule has 1 aliphatic rings. The highest BCUT2D eigenvalue weighted by atomic mass is 19.1. The normalized spacial score (nSPS) is 14.1. The summed E-state index contributed by atoms with van der Waals surface area (Å²) in [4.78, 5) is 20.9. The van der Waals surface area contributed by atoms with Crippen LogP contribution in [0, 0.1) is 0 Å². The van der Waals surface area contributed by atoms with Crippen LogP contribution < -0.4 is 5.32 Å². The lowest BCUT2D eigenvalue weighted by Crippen LogP contribution is -2.13. The molecule has 3 heterocycles. The molecule has 1 amide bonds. The summed E-state index contributed by atoms with van der Waals surface area (Å²) in [5, 5.41) is 6.92. The maximum Gasteiger partial charge on any atom is 0.261 e. The van der Waals surface area contributed by atoms with Crippen LogP contribution in [0.2, 0.25) is 0 Å².